The number of nitrogens with two attached hydrogens (primary N) is 1. The summed E-state index contributed by atoms with van der Waals surface area (Å²) in [6.07, 6.45) is 0. The molecule has 86 valence electrons. The van der Waals surface area contributed by atoms with Crippen LogP contribution in [0.5, 0.6) is 0 Å². The summed E-state index contributed by atoms with van der Waals surface area (Å²) in [6.45, 7) is 2.36. The van der Waals surface area contributed by atoms with Crippen molar-refractivity contribution < 1.29 is 4.79 Å². The quantitative estimate of drug-likeness (QED) is 0.614. The van der Waals surface area contributed by atoms with Crippen LogP contribution in [0.3, 0.4) is 0 Å². The zero-order valence-electron chi connectivity index (χ0n) is 8.98. The van der Waals surface area contributed by atoms with Gasteiger partial charge in [-0.1, -0.05) is 6.07 Å². The van der Waals surface area contributed by atoms with Crippen LogP contribution in [-0.2, 0) is 0 Å². The van der Waals surface area contributed by atoms with Crippen molar-refractivity contribution in [3.8, 4) is 0 Å². The Kier molecular flexibility index (Phi) is 3.56. The minimum atomic E-state index is 0.0492. The van der Waals surface area contributed by atoms with Gasteiger partial charge in [0, 0.05) is 36.0 Å². The number of nitrogens with one attached hydrogen (secondary N) is 1. The molecule has 0 atom stereocenters. The third-order valence-corrected chi connectivity index (χ3v) is 3.41. The van der Waals surface area contributed by atoms with Crippen molar-refractivity contribution >= 4 is 23.5 Å². The van der Waals surface area contributed by atoms with Gasteiger partial charge in [0.25, 0.3) is 0 Å². The zero-order chi connectivity index (χ0) is 11.4. The molecule has 0 aliphatic carbocycles. The van der Waals surface area contributed by atoms with Crippen molar-refractivity contribution in [2.24, 2.45) is 0 Å². The predicted molar refractivity (Wildman–Crippen MR) is 66.6 cm³/mol. The van der Waals surface area contributed by atoms with Crippen molar-refractivity contribution in [2.45, 2.75) is 4.90 Å². The maximum atomic E-state index is 11.3. The van der Waals surface area contributed by atoms with Gasteiger partial charge in [-0.25, -0.2) is 4.79 Å². The fourth-order valence-electron chi connectivity index (χ4n) is 1.60. The smallest absolute Gasteiger partial charge is 0.317 e. The van der Waals surface area contributed by atoms with Crippen LogP contribution in [0.2, 0.25) is 0 Å². The lowest BCUT2D eigenvalue weighted by Gasteiger charge is -2.13. The Morgan fingerprint density at radius 2 is 2.38 bits per heavy atom. The number of thioether (sulfide) groups is 1. The minimum absolute atomic E-state index is 0.0492. The van der Waals surface area contributed by atoms with Gasteiger partial charge in [-0.3, -0.25) is 0 Å². The van der Waals surface area contributed by atoms with E-state index in [0.717, 1.165) is 36.0 Å². The van der Waals surface area contributed by atoms with Crippen molar-refractivity contribution in [3.05, 3.63) is 24.3 Å². The van der Waals surface area contributed by atoms with Crippen LogP contribution in [0.15, 0.2) is 29.2 Å². The van der Waals surface area contributed by atoms with Crippen LogP contribution in [0.4, 0.5) is 10.5 Å². The first-order valence-electron chi connectivity index (χ1n) is 5.27. The highest BCUT2D eigenvalue weighted by Gasteiger charge is 2.18. The third kappa shape index (κ3) is 2.82. The molecular weight excluding hydrogens is 222 g/mol. The van der Waals surface area contributed by atoms with Gasteiger partial charge in [-0.05, 0) is 18.2 Å². The largest absolute Gasteiger partial charge is 0.399 e. The van der Waals surface area contributed by atoms with E-state index in [4.69, 9.17) is 5.73 Å². The van der Waals surface area contributed by atoms with E-state index in [1.54, 1.807) is 11.8 Å². The molecule has 1 aromatic rings. The molecule has 0 bridgehead atoms. The maximum Gasteiger partial charge on any atom is 0.317 e. The Morgan fingerprint density at radius 1 is 1.50 bits per heavy atom. The normalized spacial score (nSPS) is 15.2. The van der Waals surface area contributed by atoms with Crippen LogP contribution in [0.25, 0.3) is 0 Å². The number of rotatable bonds is 4. The molecule has 0 radical (unpaired) electrons. The summed E-state index contributed by atoms with van der Waals surface area (Å²) in [6, 6.07) is 7.85. The molecule has 0 aromatic heterocycles. The fraction of sp³-hybridized carbons (Fsp3) is 0.364. The van der Waals surface area contributed by atoms with E-state index >= 15 is 0 Å². The molecule has 1 heterocycles. The number of benzene rings is 1. The Morgan fingerprint density at radius 3 is 3.06 bits per heavy atom. The highest BCUT2D eigenvalue weighted by atomic mass is 32.2. The van der Waals surface area contributed by atoms with Crippen LogP contribution in [0.1, 0.15) is 0 Å². The molecule has 0 spiro atoms. The van der Waals surface area contributed by atoms with E-state index in [2.05, 4.69) is 5.32 Å². The molecule has 1 aromatic carbocycles. The van der Waals surface area contributed by atoms with E-state index in [9.17, 15) is 4.79 Å². The summed E-state index contributed by atoms with van der Waals surface area (Å²) in [5.74, 6) is 0.900. The van der Waals surface area contributed by atoms with Gasteiger partial charge in [-0.2, -0.15) is 0 Å². The van der Waals surface area contributed by atoms with Crippen molar-refractivity contribution in [1.82, 2.24) is 10.2 Å². The minimum Gasteiger partial charge on any atom is -0.399 e. The number of anilines is 1. The highest BCUT2D eigenvalue weighted by Crippen LogP contribution is 2.20. The number of hydrogen-bond donors (Lipinski definition) is 2. The summed E-state index contributed by atoms with van der Waals surface area (Å²) in [4.78, 5) is 14.2. The second-order valence-electron chi connectivity index (χ2n) is 3.64. The lowest BCUT2D eigenvalue weighted by atomic mass is 10.3. The van der Waals surface area contributed by atoms with E-state index in [1.165, 1.54) is 0 Å². The molecule has 16 heavy (non-hydrogen) atoms. The van der Waals surface area contributed by atoms with Crippen molar-refractivity contribution in [1.29, 1.82) is 0 Å². The highest BCUT2D eigenvalue weighted by molar-refractivity contribution is 7.99. The molecule has 4 nitrogen and oxygen atoms in total. The van der Waals surface area contributed by atoms with Gasteiger partial charge in [0.2, 0.25) is 0 Å². The number of carbonyl (C=O) groups excluding carboxylic acids is 1. The van der Waals surface area contributed by atoms with Gasteiger partial charge < -0.3 is 16.0 Å². The molecule has 1 saturated heterocycles. The Labute approximate surface area is 99.2 Å². The molecule has 2 rings (SSSR count). The van der Waals surface area contributed by atoms with Crippen LogP contribution < -0.4 is 11.1 Å². The third-order valence-electron chi connectivity index (χ3n) is 2.43. The molecule has 1 aliphatic rings. The number of amides is 2. The Bertz CT molecular complexity index is 383. The first-order chi connectivity index (χ1) is 7.75. The van der Waals surface area contributed by atoms with Crippen LogP contribution in [0, 0.1) is 0 Å². The molecule has 5 heteroatoms. The van der Waals surface area contributed by atoms with Gasteiger partial charge in [0.15, 0.2) is 0 Å². The maximum absolute atomic E-state index is 11.3. The van der Waals surface area contributed by atoms with E-state index < -0.39 is 0 Å². The first-order valence-corrected chi connectivity index (χ1v) is 6.25. The molecule has 3 N–H and O–H groups in total. The van der Waals surface area contributed by atoms with E-state index in [0.29, 0.717) is 0 Å². The van der Waals surface area contributed by atoms with Gasteiger partial charge in [0.05, 0.1) is 0 Å². The molecular formula is C11H15N3OS. The van der Waals surface area contributed by atoms with Gasteiger partial charge in [-0.15, -0.1) is 11.8 Å². The van der Waals surface area contributed by atoms with Crippen LogP contribution >= 0.6 is 11.8 Å². The van der Waals surface area contributed by atoms with Crippen molar-refractivity contribution in [3.63, 3.8) is 0 Å². The molecule has 1 aliphatic heterocycles. The predicted octanol–water partition coefficient (Wildman–Crippen LogP) is 1.39. The fourth-order valence-corrected chi connectivity index (χ4v) is 2.54. The molecule has 0 unspecified atom stereocenters. The summed E-state index contributed by atoms with van der Waals surface area (Å²) in [7, 11) is 0. The topological polar surface area (TPSA) is 58.4 Å². The number of nitrogens with zero attached hydrogens (tertiary/aromatic N) is 1. The first kappa shape index (κ1) is 11.1. The molecule has 0 saturated carbocycles. The lowest BCUT2D eigenvalue weighted by Crippen LogP contribution is -2.30. The number of nitrogen functional groups attached to an aromatic ring is 1. The number of urea groups is 1. The Balaban J connectivity index is 1.77. The van der Waals surface area contributed by atoms with E-state index in [-0.39, 0.29) is 6.03 Å². The van der Waals surface area contributed by atoms with Gasteiger partial charge in [0.1, 0.15) is 0 Å². The number of hydrogen-bond acceptors (Lipinski definition) is 3. The molecule has 1 fully saturated rings. The van der Waals surface area contributed by atoms with Crippen molar-refractivity contribution in [2.75, 3.05) is 31.1 Å². The van der Waals surface area contributed by atoms with Gasteiger partial charge >= 0.3 is 6.03 Å². The monoisotopic (exact) mass is 237 g/mol. The summed E-state index contributed by atoms with van der Waals surface area (Å²) in [5.41, 5.74) is 6.47. The average molecular weight is 237 g/mol. The van der Waals surface area contributed by atoms with Crippen LogP contribution in [-0.4, -0.2) is 36.3 Å². The van der Waals surface area contributed by atoms with E-state index in [1.807, 2.05) is 29.2 Å². The second kappa shape index (κ2) is 5.12. The zero-order valence-corrected chi connectivity index (χ0v) is 9.80. The summed E-state index contributed by atoms with van der Waals surface area (Å²) in [5, 5.41) is 2.79. The lowest BCUT2D eigenvalue weighted by molar-refractivity contribution is 0.220. The second-order valence-corrected chi connectivity index (χ2v) is 4.81. The summed E-state index contributed by atoms with van der Waals surface area (Å²) >= 11 is 1.72. The number of carbonyl (C=O) groups is 1. The average Bonchev–Trinajstić information content (AvgIpc) is 2.65. The Hall–Kier alpha value is -1.36. The summed E-state index contributed by atoms with van der Waals surface area (Å²) < 4.78 is 0. The standard InChI is InChI=1S/C11H15N3OS/c12-9-2-1-3-10(8-9)16-7-6-14-5-4-13-11(14)15/h1-3,8H,4-7,12H2,(H,13,15). The SMILES string of the molecule is Nc1cccc(SCCN2CCNC2=O)c1. The molecule has 2 amide bonds.